The predicted octanol–water partition coefficient (Wildman–Crippen LogP) is 6.90. The Kier molecular flexibility index (Phi) is 29.2. The lowest BCUT2D eigenvalue weighted by molar-refractivity contribution is -1.23. The van der Waals surface area contributed by atoms with Crippen LogP contribution in [0.3, 0.4) is 0 Å². The van der Waals surface area contributed by atoms with Crippen LogP contribution in [0, 0.1) is 5.21 Å². The summed E-state index contributed by atoms with van der Waals surface area (Å²) in [6.45, 7) is 6.46. The van der Waals surface area contributed by atoms with Crippen LogP contribution < -0.4 is 0 Å². The van der Waals surface area contributed by atoms with Gasteiger partial charge in [0.2, 0.25) is 0 Å². The monoisotopic (exact) mass is 521 g/mol. The van der Waals surface area contributed by atoms with E-state index in [1.165, 1.54) is 103 Å². The van der Waals surface area contributed by atoms with E-state index in [9.17, 15) is 5.21 Å². The Morgan fingerprint density at radius 2 is 0.806 bits per heavy atom. The number of hydrogen-bond acceptors (Lipinski definition) is 5. The van der Waals surface area contributed by atoms with Gasteiger partial charge in [0.05, 0.1) is 33.9 Å². The van der Waals surface area contributed by atoms with Crippen molar-refractivity contribution >= 4 is 0 Å². The summed E-state index contributed by atoms with van der Waals surface area (Å²) in [6.07, 6.45) is 23.4. The molecule has 36 heavy (non-hydrogen) atoms. The molecule has 0 rings (SSSR count). The van der Waals surface area contributed by atoms with E-state index in [1.54, 1.807) is 14.1 Å². The van der Waals surface area contributed by atoms with Crippen LogP contribution >= 0.6 is 0 Å². The molecule has 0 amide bonds. The van der Waals surface area contributed by atoms with Gasteiger partial charge in [0.1, 0.15) is 26.8 Å². The smallest absolute Gasteiger partial charge is 0.142 e. The van der Waals surface area contributed by atoms with Gasteiger partial charge < -0.3 is 20.1 Å². The molecule has 7 nitrogen and oxygen atoms in total. The summed E-state index contributed by atoms with van der Waals surface area (Å²) < 4.78 is -0.131. The number of aliphatic hydroxyl groups is 2. The minimum Gasteiger partial charge on any atom is -0.633 e. The molecule has 0 radical (unpaired) electrons. The van der Waals surface area contributed by atoms with Gasteiger partial charge in [-0.05, 0) is 24.1 Å². The molecule has 0 unspecified atom stereocenters. The molecule has 0 aliphatic carbocycles. The molecule has 0 aliphatic heterocycles. The standard InChI is InChI=1S/C19H42NO4.C10H23NO/c1-3-4-5-6-7-8-9-10-11-12-13-14-15-20(2,23-18-16-21)24-19-17-22;1-4-5-6-7-8-9-10-11(2,3)12/h21-22H,3-19H2,1-2H3;4-10H2,1-3H3/q+1;. The molecule has 0 saturated heterocycles. The summed E-state index contributed by atoms with van der Waals surface area (Å²) in [7, 11) is 5.27. The SMILES string of the molecule is CCCCCCCCCCCCCC[N+](C)(OCCO)OCCO.CCCCCCCC[N+](C)(C)[O-]. The van der Waals surface area contributed by atoms with Crippen molar-refractivity contribution in [2.24, 2.45) is 0 Å². The molecule has 0 aromatic rings. The number of quaternary nitrogens is 2. The number of rotatable bonds is 26. The van der Waals surface area contributed by atoms with Gasteiger partial charge in [-0.15, -0.1) is 0 Å². The quantitative estimate of drug-likeness (QED) is 0.0735. The van der Waals surface area contributed by atoms with Crippen molar-refractivity contribution in [2.75, 3.05) is 60.7 Å². The molecule has 0 aliphatic rings. The molecule has 0 heterocycles. The molecular weight excluding hydrogens is 456 g/mol. The van der Waals surface area contributed by atoms with Crippen LogP contribution in [0.5, 0.6) is 0 Å². The van der Waals surface area contributed by atoms with Crippen LogP contribution in [0.25, 0.3) is 0 Å². The Morgan fingerprint density at radius 3 is 1.11 bits per heavy atom. The van der Waals surface area contributed by atoms with Gasteiger partial charge in [0.25, 0.3) is 0 Å². The molecule has 7 heteroatoms. The Balaban J connectivity index is 0. The number of hydrogen-bond donors (Lipinski definition) is 2. The molecule has 0 spiro atoms. The third kappa shape index (κ3) is 31.7. The molecule has 2 N–H and O–H groups in total. The summed E-state index contributed by atoms with van der Waals surface area (Å²) in [5, 5.41) is 28.9. The normalized spacial score (nSPS) is 12.0. The van der Waals surface area contributed by atoms with Crippen molar-refractivity contribution < 1.29 is 29.3 Å². The van der Waals surface area contributed by atoms with E-state index in [2.05, 4.69) is 13.8 Å². The first-order valence-corrected chi connectivity index (χ1v) is 15.1. The topological polar surface area (TPSA) is 82.0 Å². The first kappa shape index (κ1) is 37.9. The summed E-state index contributed by atoms with van der Waals surface area (Å²) in [6, 6.07) is 0. The largest absolute Gasteiger partial charge is 0.633 e. The van der Waals surface area contributed by atoms with Gasteiger partial charge in [-0.25, -0.2) is 0 Å². The first-order chi connectivity index (χ1) is 17.2. The van der Waals surface area contributed by atoms with Crippen LogP contribution in [-0.4, -0.2) is 80.3 Å². The Bertz CT molecular complexity index is 411. The van der Waals surface area contributed by atoms with E-state index in [1.807, 2.05) is 7.05 Å². The van der Waals surface area contributed by atoms with Gasteiger partial charge in [-0.1, -0.05) is 104 Å². The van der Waals surface area contributed by atoms with Crippen molar-refractivity contribution in [3.8, 4) is 0 Å². The van der Waals surface area contributed by atoms with Crippen molar-refractivity contribution in [3.05, 3.63) is 5.21 Å². The molecule has 0 aromatic heterocycles. The fourth-order valence-corrected chi connectivity index (χ4v) is 4.15. The van der Waals surface area contributed by atoms with E-state index >= 15 is 0 Å². The summed E-state index contributed by atoms with van der Waals surface area (Å²) >= 11 is 0. The first-order valence-electron chi connectivity index (χ1n) is 15.1. The second-order valence-corrected chi connectivity index (χ2v) is 10.8. The van der Waals surface area contributed by atoms with Crippen LogP contribution in [-0.2, 0) is 9.68 Å². The maximum Gasteiger partial charge on any atom is 0.142 e. The maximum absolute atomic E-state index is 11.1. The van der Waals surface area contributed by atoms with Crippen molar-refractivity contribution in [1.82, 2.24) is 0 Å². The predicted molar refractivity (Wildman–Crippen MR) is 152 cm³/mol. The van der Waals surface area contributed by atoms with Crippen LogP contribution in [0.2, 0.25) is 0 Å². The minimum atomic E-state index is -0.131. The molecule has 0 atom stereocenters. The molecular formula is C29H65N2O5+. The third-order valence-electron chi connectivity index (χ3n) is 6.38. The average Bonchev–Trinajstić information content (AvgIpc) is 2.84. The maximum atomic E-state index is 11.1. The van der Waals surface area contributed by atoms with Gasteiger partial charge in [-0.2, -0.15) is 9.68 Å². The zero-order chi connectivity index (χ0) is 27.4. The highest BCUT2D eigenvalue weighted by atomic mass is 17.0. The van der Waals surface area contributed by atoms with Gasteiger partial charge in [-0.3, -0.25) is 0 Å². The Morgan fingerprint density at radius 1 is 0.500 bits per heavy atom. The van der Waals surface area contributed by atoms with Crippen molar-refractivity contribution in [3.63, 3.8) is 0 Å². The van der Waals surface area contributed by atoms with Crippen molar-refractivity contribution in [1.29, 1.82) is 0 Å². The number of unbranched alkanes of at least 4 members (excludes halogenated alkanes) is 16. The van der Waals surface area contributed by atoms with Gasteiger partial charge in [0, 0.05) is 6.42 Å². The molecule has 0 fully saturated rings. The third-order valence-corrected chi connectivity index (χ3v) is 6.38. The highest BCUT2D eigenvalue weighted by Crippen LogP contribution is 2.14. The molecule has 0 saturated carbocycles. The minimum absolute atomic E-state index is 0.0128. The van der Waals surface area contributed by atoms with Crippen LogP contribution in [0.4, 0.5) is 0 Å². The molecule has 0 aromatic carbocycles. The van der Waals surface area contributed by atoms with E-state index in [0.29, 0.717) is 0 Å². The van der Waals surface area contributed by atoms with E-state index in [-0.39, 0.29) is 35.9 Å². The Hall–Kier alpha value is -0.280. The lowest BCUT2D eigenvalue weighted by atomic mass is 10.1. The fraction of sp³-hybridized carbons (Fsp3) is 1.00. The van der Waals surface area contributed by atoms with Crippen LogP contribution in [0.15, 0.2) is 0 Å². The van der Waals surface area contributed by atoms with Crippen molar-refractivity contribution in [2.45, 2.75) is 129 Å². The Labute approximate surface area is 224 Å². The number of hydroxylamine groups is 7. The van der Waals surface area contributed by atoms with Gasteiger partial charge >= 0.3 is 0 Å². The second-order valence-electron chi connectivity index (χ2n) is 10.8. The van der Waals surface area contributed by atoms with E-state index < -0.39 is 0 Å². The highest BCUT2D eigenvalue weighted by Gasteiger charge is 2.25. The fourth-order valence-electron chi connectivity index (χ4n) is 4.15. The zero-order valence-electron chi connectivity index (χ0n) is 25.0. The van der Waals surface area contributed by atoms with Crippen LogP contribution in [0.1, 0.15) is 129 Å². The zero-order valence-corrected chi connectivity index (χ0v) is 25.0. The van der Waals surface area contributed by atoms with E-state index in [0.717, 1.165) is 25.9 Å². The lowest BCUT2D eigenvalue weighted by Gasteiger charge is -2.33. The summed E-state index contributed by atoms with van der Waals surface area (Å²) in [4.78, 5) is 11.1. The highest BCUT2D eigenvalue weighted by molar-refractivity contribution is 4.48. The molecule has 220 valence electrons. The second kappa shape index (κ2) is 27.7. The summed E-state index contributed by atoms with van der Waals surface area (Å²) in [5.74, 6) is 0. The number of nitrogens with zero attached hydrogens (tertiary/aromatic N) is 2. The summed E-state index contributed by atoms with van der Waals surface area (Å²) in [5.41, 5.74) is 0. The molecule has 0 bridgehead atoms. The van der Waals surface area contributed by atoms with E-state index in [4.69, 9.17) is 19.9 Å². The average molecular weight is 522 g/mol. The number of aliphatic hydroxyl groups excluding tert-OH is 2. The van der Waals surface area contributed by atoms with Gasteiger partial charge in [0.15, 0.2) is 0 Å². The lowest BCUT2D eigenvalue weighted by Crippen LogP contribution is -2.46.